The van der Waals surface area contributed by atoms with E-state index < -0.39 is 0 Å². The highest BCUT2D eigenvalue weighted by Crippen LogP contribution is 2.27. The molecule has 0 aliphatic carbocycles. The summed E-state index contributed by atoms with van der Waals surface area (Å²) in [6.07, 6.45) is 1.78. The van der Waals surface area contributed by atoms with Gasteiger partial charge in [0, 0.05) is 13.2 Å². The summed E-state index contributed by atoms with van der Waals surface area (Å²) in [5.74, 6) is 5.76. The number of benzene rings is 2. The first kappa shape index (κ1) is 11.9. The molecule has 0 amide bonds. The Morgan fingerprint density at radius 1 is 1.11 bits per heavy atom. The second-order valence-corrected chi connectivity index (χ2v) is 4.55. The van der Waals surface area contributed by atoms with Crippen molar-refractivity contribution in [2.24, 2.45) is 12.9 Å². The molecular formula is C15H16N4. The van der Waals surface area contributed by atoms with Crippen LogP contribution in [0.2, 0.25) is 0 Å². The van der Waals surface area contributed by atoms with Crippen LogP contribution in [0.1, 0.15) is 17.3 Å². The van der Waals surface area contributed by atoms with Crippen molar-refractivity contribution in [2.75, 3.05) is 0 Å². The normalized spacial score (nSPS) is 12.7. The molecule has 4 heteroatoms. The molecule has 1 aromatic heterocycles. The van der Waals surface area contributed by atoms with Crippen molar-refractivity contribution in [3.8, 4) is 0 Å². The third-order valence-electron chi connectivity index (χ3n) is 3.46. The highest BCUT2D eigenvalue weighted by molar-refractivity contribution is 5.86. The Morgan fingerprint density at radius 2 is 1.89 bits per heavy atom. The smallest absolute Gasteiger partial charge is 0.0884 e. The Balaban J connectivity index is 2.20. The minimum Gasteiger partial charge on any atom is -0.271 e. The maximum atomic E-state index is 5.76. The Morgan fingerprint density at radius 3 is 2.63 bits per heavy atom. The molecule has 0 saturated carbocycles. The monoisotopic (exact) mass is 252 g/mol. The van der Waals surface area contributed by atoms with Crippen LogP contribution < -0.4 is 11.3 Å². The number of hydrazine groups is 1. The number of aryl methyl sites for hydroxylation is 1. The molecule has 4 nitrogen and oxygen atoms in total. The summed E-state index contributed by atoms with van der Waals surface area (Å²) in [5.41, 5.74) is 5.09. The molecule has 0 fully saturated rings. The SMILES string of the molecule is Cn1nccc1C(NN)c1cccc2ccccc12. The van der Waals surface area contributed by atoms with Crippen LogP contribution in [-0.2, 0) is 7.05 Å². The molecule has 96 valence electrons. The van der Waals surface area contributed by atoms with Crippen molar-refractivity contribution in [1.82, 2.24) is 15.2 Å². The predicted molar refractivity (Wildman–Crippen MR) is 76.3 cm³/mol. The lowest BCUT2D eigenvalue weighted by Gasteiger charge is -2.18. The summed E-state index contributed by atoms with van der Waals surface area (Å²) in [5, 5.41) is 6.63. The molecule has 0 spiro atoms. The van der Waals surface area contributed by atoms with E-state index in [0.29, 0.717) is 0 Å². The van der Waals surface area contributed by atoms with Gasteiger partial charge >= 0.3 is 0 Å². The van der Waals surface area contributed by atoms with E-state index in [0.717, 1.165) is 11.3 Å². The average molecular weight is 252 g/mol. The summed E-state index contributed by atoms with van der Waals surface area (Å²) in [6, 6.07) is 16.5. The van der Waals surface area contributed by atoms with E-state index in [4.69, 9.17) is 5.84 Å². The standard InChI is InChI=1S/C15H16N4/c1-19-14(9-10-17-19)15(18-16)13-8-4-6-11-5-2-3-7-12(11)13/h2-10,15,18H,16H2,1H3. The number of hydrogen-bond acceptors (Lipinski definition) is 3. The molecule has 0 bridgehead atoms. The van der Waals surface area contributed by atoms with Gasteiger partial charge in [-0.2, -0.15) is 5.10 Å². The van der Waals surface area contributed by atoms with Crippen LogP contribution in [-0.4, -0.2) is 9.78 Å². The fourth-order valence-corrected chi connectivity index (χ4v) is 2.50. The Labute approximate surface area is 111 Å². The van der Waals surface area contributed by atoms with Crippen molar-refractivity contribution in [3.05, 3.63) is 66.0 Å². The second kappa shape index (κ2) is 4.84. The molecule has 3 rings (SSSR count). The van der Waals surface area contributed by atoms with Crippen molar-refractivity contribution >= 4 is 10.8 Å². The second-order valence-electron chi connectivity index (χ2n) is 4.55. The van der Waals surface area contributed by atoms with Gasteiger partial charge in [-0.1, -0.05) is 42.5 Å². The first-order valence-electron chi connectivity index (χ1n) is 6.23. The van der Waals surface area contributed by atoms with Crippen LogP contribution in [0.3, 0.4) is 0 Å². The molecule has 19 heavy (non-hydrogen) atoms. The summed E-state index contributed by atoms with van der Waals surface area (Å²) in [6.45, 7) is 0. The van der Waals surface area contributed by atoms with Crippen molar-refractivity contribution in [1.29, 1.82) is 0 Å². The van der Waals surface area contributed by atoms with Gasteiger partial charge in [-0.15, -0.1) is 0 Å². The first-order chi connectivity index (χ1) is 9.31. The van der Waals surface area contributed by atoms with Gasteiger partial charge in [-0.25, -0.2) is 5.43 Å². The number of fused-ring (bicyclic) bond motifs is 1. The maximum absolute atomic E-state index is 5.76. The van der Waals surface area contributed by atoms with Crippen molar-refractivity contribution < 1.29 is 0 Å². The lowest BCUT2D eigenvalue weighted by atomic mass is 9.97. The van der Waals surface area contributed by atoms with Gasteiger partial charge in [-0.3, -0.25) is 10.5 Å². The van der Waals surface area contributed by atoms with Gasteiger partial charge in [0.25, 0.3) is 0 Å². The number of rotatable bonds is 3. The Hall–Kier alpha value is -2.17. The first-order valence-corrected chi connectivity index (χ1v) is 6.23. The number of nitrogens with one attached hydrogen (secondary N) is 1. The van der Waals surface area contributed by atoms with E-state index in [1.807, 2.05) is 29.9 Å². The predicted octanol–water partition coefficient (Wildman–Crippen LogP) is 2.13. The van der Waals surface area contributed by atoms with Gasteiger partial charge in [0.15, 0.2) is 0 Å². The summed E-state index contributed by atoms with van der Waals surface area (Å²) < 4.78 is 1.84. The molecule has 1 atom stereocenters. The third kappa shape index (κ3) is 2.01. The maximum Gasteiger partial charge on any atom is 0.0884 e. The lowest BCUT2D eigenvalue weighted by Crippen LogP contribution is -2.30. The van der Waals surface area contributed by atoms with E-state index in [1.165, 1.54) is 10.8 Å². The van der Waals surface area contributed by atoms with E-state index >= 15 is 0 Å². The molecule has 0 radical (unpaired) electrons. The van der Waals surface area contributed by atoms with E-state index in [2.05, 4.69) is 40.9 Å². The minimum absolute atomic E-state index is 0.0707. The topological polar surface area (TPSA) is 55.9 Å². The Kier molecular flexibility index (Phi) is 3.03. The molecule has 1 unspecified atom stereocenters. The van der Waals surface area contributed by atoms with Crippen LogP contribution in [0.15, 0.2) is 54.7 Å². The summed E-state index contributed by atoms with van der Waals surface area (Å²) in [7, 11) is 1.92. The van der Waals surface area contributed by atoms with Gasteiger partial charge in [0.1, 0.15) is 0 Å². The van der Waals surface area contributed by atoms with Gasteiger partial charge in [0.05, 0.1) is 11.7 Å². The molecule has 3 aromatic rings. The highest BCUT2D eigenvalue weighted by Gasteiger charge is 2.17. The Bertz CT molecular complexity index is 697. The zero-order valence-corrected chi connectivity index (χ0v) is 10.7. The quantitative estimate of drug-likeness (QED) is 0.554. The molecular weight excluding hydrogens is 236 g/mol. The molecule has 0 aliphatic heterocycles. The largest absolute Gasteiger partial charge is 0.271 e. The molecule has 2 aromatic carbocycles. The zero-order chi connectivity index (χ0) is 13.2. The lowest BCUT2D eigenvalue weighted by molar-refractivity contribution is 0.578. The van der Waals surface area contributed by atoms with E-state index in [9.17, 15) is 0 Å². The molecule has 1 heterocycles. The van der Waals surface area contributed by atoms with Gasteiger partial charge in [0.2, 0.25) is 0 Å². The van der Waals surface area contributed by atoms with Crippen molar-refractivity contribution in [2.45, 2.75) is 6.04 Å². The highest BCUT2D eigenvalue weighted by atomic mass is 15.3. The minimum atomic E-state index is -0.0707. The third-order valence-corrected chi connectivity index (χ3v) is 3.46. The van der Waals surface area contributed by atoms with Crippen LogP contribution in [0, 0.1) is 0 Å². The molecule has 0 saturated heterocycles. The number of nitrogens with zero attached hydrogens (tertiary/aromatic N) is 2. The van der Waals surface area contributed by atoms with Gasteiger partial charge < -0.3 is 0 Å². The van der Waals surface area contributed by atoms with Crippen LogP contribution >= 0.6 is 0 Å². The van der Waals surface area contributed by atoms with Crippen LogP contribution in [0.25, 0.3) is 10.8 Å². The molecule has 0 aliphatic rings. The number of nitrogens with two attached hydrogens (primary N) is 1. The van der Waals surface area contributed by atoms with Crippen LogP contribution in [0.5, 0.6) is 0 Å². The fourth-order valence-electron chi connectivity index (χ4n) is 2.50. The van der Waals surface area contributed by atoms with Crippen LogP contribution in [0.4, 0.5) is 0 Å². The van der Waals surface area contributed by atoms with E-state index in [-0.39, 0.29) is 6.04 Å². The zero-order valence-electron chi connectivity index (χ0n) is 10.7. The number of hydrogen-bond donors (Lipinski definition) is 2. The van der Waals surface area contributed by atoms with Crippen molar-refractivity contribution in [3.63, 3.8) is 0 Å². The molecule has 3 N–H and O–H groups in total. The van der Waals surface area contributed by atoms with E-state index in [1.54, 1.807) is 6.20 Å². The summed E-state index contributed by atoms with van der Waals surface area (Å²) in [4.78, 5) is 0. The summed E-state index contributed by atoms with van der Waals surface area (Å²) >= 11 is 0. The number of aromatic nitrogens is 2. The fraction of sp³-hybridized carbons (Fsp3) is 0.133. The average Bonchev–Trinajstić information content (AvgIpc) is 2.86. The van der Waals surface area contributed by atoms with Gasteiger partial charge in [-0.05, 0) is 22.4 Å².